The number of rotatable bonds is 7. The van der Waals surface area contributed by atoms with Crippen molar-refractivity contribution in [2.75, 3.05) is 18.6 Å². The second kappa shape index (κ2) is 8.27. The first kappa shape index (κ1) is 21.4. The van der Waals surface area contributed by atoms with Gasteiger partial charge in [0.15, 0.2) is 5.13 Å². The largest absolute Gasteiger partial charge is 0.494 e. The number of hydrogen-bond donors (Lipinski definition) is 0. The number of carbonyl (C=O) groups is 1. The maximum atomic E-state index is 14.3. The van der Waals surface area contributed by atoms with Crippen LogP contribution in [-0.4, -0.2) is 34.1 Å². The van der Waals surface area contributed by atoms with Gasteiger partial charge in [0.2, 0.25) is 5.91 Å². The van der Waals surface area contributed by atoms with E-state index in [1.807, 2.05) is 29.6 Å². The molecule has 3 aromatic rings. The van der Waals surface area contributed by atoms with Crippen molar-refractivity contribution in [1.82, 2.24) is 14.5 Å². The number of amides is 1. The van der Waals surface area contributed by atoms with Crippen LogP contribution in [0.15, 0.2) is 30.9 Å². The van der Waals surface area contributed by atoms with Gasteiger partial charge < -0.3 is 9.30 Å². The number of nitrogens with zero attached hydrogens (tertiary/aromatic N) is 4. The van der Waals surface area contributed by atoms with Crippen molar-refractivity contribution < 1.29 is 9.53 Å². The summed E-state index contributed by atoms with van der Waals surface area (Å²) >= 11 is 8.02. The predicted octanol–water partition coefficient (Wildman–Crippen LogP) is 5.79. The molecule has 0 spiro atoms. The van der Waals surface area contributed by atoms with Crippen molar-refractivity contribution in [2.45, 2.75) is 51.5 Å². The Morgan fingerprint density at radius 2 is 1.97 bits per heavy atom. The Morgan fingerprint density at radius 1 is 1.24 bits per heavy atom. The summed E-state index contributed by atoms with van der Waals surface area (Å²) in [4.78, 5) is 25.3. The maximum absolute atomic E-state index is 14.3. The molecule has 7 rings (SSSR count). The number of thiazole rings is 1. The van der Waals surface area contributed by atoms with Crippen LogP contribution in [0.5, 0.6) is 5.75 Å². The summed E-state index contributed by atoms with van der Waals surface area (Å²) in [5, 5.41) is 1.39. The molecule has 2 aromatic heterocycles. The molecule has 0 radical (unpaired) electrons. The Balaban J connectivity index is 1.35. The van der Waals surface area contributed by atoms with E-state index < -0.39 is 0 Å². The number of halogens is 1. The van der Waals surface area contributed by atoms with E-state index in [-0.39, 0.29) is 11.3 Å². The van der Waals surface area contributed by atoms with E-state index in [9.17, 15) is 4.79 Å². The molecule has 4 fully saturated rings. The van der Waals surface area contributed by atoms with Gasteiger partial charge in [-0.2, -0.15) is 0 Å². The van der Waals surface area contributed by atoms with Crippen molar-refractivity contribution in [3.05, 3.63) is 35.9 Å². The highest BCUT2D eigenvalue weighted by molar-refractivity contribution is 7.23. The Morgan fingerprint density at radius 3 is 2.61 bits per heavy atom. The van der Waals surface area contributed by atoms with Gasteiger partial charge in [0.1, 0.15) is 11.3 Å². The SMILES string of the molecule is COc1ccc(Cl)c2sc(N(CCCn3ccnc3)C(=O)C34CC5CC(CC(C5)C3)C4)nc12. The summed E-state index contributed by atoms with van der Waals surface area (Å²) in [6.45, 7) is 1.46. The van der Waals surface area contributed by atoms with E-state index in [1.54, 1.807) is 13.3 Å². The topological polar surface area (TPSA) is 60.2 Å². The Kier molecular flexibility index (Phi) is 5.37. The molecule has 1 aromatic carbocycles. The second-order valence-electron chi connectivity index (χ2n) is 10.2. The number of carbonyl (C=O) groups excluding carboxylic acids is 1. The minimum absolute atomic E-state index is 0.213. The molecular weight excluding hydrogens is 456 g/mol. The number of ether oxygens (including phenoxy) is 1. The zero-order chi connectivity index (χ0) is 22.6. The second-order valence-corrected chi connectivity index (χ2v) is 11.6. The number of methoxy groups -OCH3 is 1. The lowest BCUT2D eigenvalue weighted by molar-refractivity contribution is -0.143. The van der Waals surface area contributed by atoms with E-state index in [4.69, 9.17) is 21.3 Å². The maximum Gasteiger partial charge on any atom is 0.235 e. The Labute approximate surface area is 202 Å². The molecule has 1 amide bonds. The van der Waals surface area contributed by atoms with E-state index in [0.717, 1.165) is 65.3 Å². The van der Waals surface area contributed by atoms with Gasteiger partial charge in [-0.3, -0.25) is 9.69 Å². The number of imidazole rings is 1. The molecule has 4 aliphatic rings. The third-order valence-electron chi connectivity index (χ3n) is 7.99. The lowest BCUT2D eigenvalue weighted by Crippen LogP contribution is -2.55. The number of aryl methyl sites for hydroxylation is 1. The molecular formula is C25H29ClN4O2S. The number of aromatic nitrogens is 3. The fraction of sp³-hybridized carbons (Fsp3) is 0.560. The average molecular weight is 485 g/mol. The first-order chi connectivity index (χ1) is 16.0. The van der Waals surface area contributed by atoms with Crippen LogP contribution < -0.4 is 9.64 Å². The molecule has 8 heteroatoms. The zero-order valence-corrected chi connectivity index (χ0v) is 20.4. The normalized spacial score (nSPS) is 27.9. The smallest absolute Gasteiger partial charge is 0.235 e. The van der Waals surface area contributed by atoms with Crippen LogP contribution >= 0.6 is 22.9 Å². The van der Waals surface area contributed by atoms with E-state index in [2.05, 4.69) is 9.55 Å². The molecule has 0 saturated heterocycles. The summed E-state index contributed by atoms with van der Waals surface area (Å²) in [6.07, 6.45) is 13.5. The van der Waals surface area contributed by atoms with Crippen LogP contribution in [0, 0.1) is 23.2 Å². The van der Waals surface area contributed by atoms with Crippen molar-refractivity contribution in [3.8, 4) is 5.75 Å². The fourth-order valence-corrected chi connectivity index (χ4v) is 8.28. The Bertz CT molecular complexity index is 1140. The van der Waals surface area contributed by atoms with E-state index >= 15 is 0 Å². The van der Waals surface area contributed by atoms with E-state index in [1.165, 1.54) is 30.6 Å². The molecule has 0 atom stereocenters. The highest BCUT2D eigenvalue weighted by Crippen LogP contribution is 2.61. The standard InChI is InChI=1S/C25H29ClN4O2S/c1-32-20-4-3-19(26)22-21(20)28-24(33-22)30(7-2-6-29-8-5-27-15-29)23(31)25-12-16-9-17(13-25)11-18(10-16)14-25/h3-5,8,15-18H,2,6-7,9-14H2,1H3. The Hall–Kier alpha value is -2.12. The zero-order valence-electron chi connectivity index (χ0n) is 18.9. The number of benzene rings is 1. The number of hydrogen-bond acceptors (Lipinski definition) is 5. The first-order valence-corrected chi connectivity index (χ1v) is 13.1. The molecule has 33 heavy (non-hydrogen) atoms. The lowest BCUT2D eigenvalue weighted by Gasteiger charge is -2.56. The van der Waals surface area contributed by atoms with Gasteiger partial charge >= 0.3 is 0 Å². The number of anilines is 1. The predicted molar refractivity (Wildman–Crippen MR) is 131 cm³/mol. The van der Waals surface area contributed by atoms with Gasteiger partial charge in [-0.25, -0.2) is 9.97 Å². The van der Waals surface area contributed by atoms with Gasteiger partial charge in [-0.05, 0) is 74.8 Å². The van der Waals surface area contributed by atoms with Crippen LogP contribution in [0.2, 0.25) is 5.02 Å². The highest BCUT2D eigenvalue weighted by atomic mass is 35.5. The fourth-order valence-electron chi connectivity index (χ4n) is 6.99. The summed E-state index contributed by atoms with van der Waals surface area (Å²) in [5.41, 5.74) is 0.526. The van der Waals surface area contributed by atoms with Gasteiger partial charge in [-0.15, -0.1) is 0 Å². The minimum atomic E-state index is -0.213. The van der Waals surface area contributed by atoms with Crippen molar-refractivity contribution in [2.24, 2.45) is 23.2 Å². The third-order valence-corrected chi connectivity index (χ3v) is 9.53. The summed E-state index contributed by atoms with van der Waals surface area (Å²) in [5.74, 6) is 3.13. The lowest BCUT2D eigenvalue weighted by atomic mass is 9.49. The molecule has 0 aliphatic heterocycles. The van der Waals surface area contributed by atoms with Crippen LogP contribution in [-0.2, 0) is 11.3 Å². The quantitative estimate of drug-likeness (QED) is 0.425. The van der Waals surface area contributed by atoms with Gasteiger partial charge in [0, 0.05) is 25.5 Å². The van der Waals surface area contributed by atoms with Crippen molar-refractivity contribution in [3.63, 3.8) is 0 Å². The van der Waals surface area contributed by atoms with E-state index in [0.29, 0.717) is 17.3 Å². The number of fused-ring (bicyclic) bond motifs is 1. The molecule has 174 valence electrons. The molecule has 0 unspecified atom stereocenters. The van der Waals surface area contributed by atoms with Gasteiger partial charge in [0.25, 0.3) is 0 Å². The monoisotopic (exact) mass is 484 g/mol. The van der Waals surface area contributed by atoms with Crippen molar-refractivity contribution >= 4 is 44.2 Å². The molecule has 2 heterocycles. The first-order valence-electron chi connectivity index (χ1n) is 12.0. The van der Waals surface area contributed by atoms with Crippen LogP contribution in [0.4, 0.5) is 5.13 Å². The van der Waals surface area contributed by atoms with Crippen LogP contribution in [0.3, 0.4) is 0 Å². The van der Waals surface area contributed by atoms with Crippen LogP contribution in [0.25, 0.3) is 10.2 Å². The molecule has 4 aliphatic carbocycles. The third kappa shape index (κ3) is 3.73. The summed E-state index contributed by atoms with van der Waals surface area (Å²) in [6, 6.07) is 3.69. The average Bonchev–Trinajstić information content (AvgIpc) is 3.46. The summed E-state index contributed by atoms with van der Waals surface area (Å²) < 4.78 is 8.48. The summed E-state index contributed by atoms with van der Waals surface area (Å²) in [7, 11) is 1.64. The molecule has 0 N–H and O–H groups in total. The molecule has 6 nitrogen and oxygen atoms in total. The van der Waals surface area contributed by atoms with Crippen molar-refractivity contribution in [1.29, 1.82) is 0 Å². The highest BCUT2D eigenvalue weighted by Gasteiger charge is 2.56. The van der Waals surface area contributed by atoms with Gasteiger partial charge in [0.05, 0.1) is 28.6 Å². The minimum Gasteiger partial charge on any atom is -0.494 e. The van der Waals surface area contributed by atoms with Crippen LogP contribution in [0.1, 0.15) is 44.9 Å². The van der Waals surface area contributed by atoms with Gasteiger partial charge in [-0.1, -0.05) is 22.9 Å². The molecule has 4 bridgehead atoms. The molecule has 4 saturated carbocycles.